The molecule has 0 aliphatic carbocycles. The molecule has 5 nitrogen and oxygen atoms in total. The average Bonchev–Trinajstić information content (AvgIpc) is 2.53. The lowest BCUT2D eigenvalue weighted by atomic mass is 10.1. The zero-order valence-electron chi connectivity index (χ0n) is 14.6. The summed E-state index contributed by atoms with van der Waals surface area (Å²) < 4.78 is 10.7. The van der Waals surface area contributed by atoms with Crippen molar-refractivity contribution in [2.45, 2.75) is 20.3 Å². The van der Waals surface area contributed by atoms with Crippen LogP contribution in [0, 0.1) is 13.8 Å². The number of carbonyl (C=O) groups excluding carboxylic acids is 1. The number of anilines is 1. The molecule has 5 heteroatoms. The SMILES string of the molecule is COc1cccc(CCNC(=O)Nc2cc(C)cc(C)c2)c1OC. The molecule has 0 bridgehead atoms. The highest BCUT2D eigenvalue weighted by Gasteiger charge is 2.09. The van der Waals surface area contributed by atoms with Crippen molar-refractivity contribution in [1.82, 2.24) is 5.32 Å². The van der Waals surface area contributed by atoms with E-state index in [2.05, 4.69) is 16.7 Å². The molecule has 0 unspecified atom stereocenters. The molecule has 0 fully saturated rings. The molecule has 2 aromatic rings. The predicted molar refractivity (Wildman–Crippen MR) is 96.2 cm³/mol. The van der Waals surface area contributed by atoms with Gasteiger partial charge in [0.25, 0.3) is 0 Å². The monoisotopic (exact) mass is 328 g/mol. The second-order valence-corrected chi connectivity index (χ2v) is 5.66. The van der Waals surface area contributed by atoms with Gasteiger partial charge in [0.05, 0.1) is 14.2 Å². The minimum absolute atomic E-state index is 0.220. The number of urea groups is 1. The van der Waals surface area contributed by atoms with Gasteiger partial charge in [0, 0.05) is 12.2 Å². The molecule has 2 N–H and O–H groups in total. The minimum Gasteiger partial charge on any atom is -0.493 e. The fourth-order valence-corrected chi connectivity index (χ4v) is 2.68. The second-order valence-electron chi connectivity index (χ2n) is 5.66. The highest BCUT2D eigenvalue weighted by Crippen LogP contribution is 2.30. The molecule has 2 amide bonds. The molecule has 128 valence electrons. The summed E-state index contributed by atoms with van der Waals surface area (Å²) in [5.41, 5.74) is 4.02. The topological polar surface area (TPSA) is 59.6 Å². The van der Waals surface area contributed by atoms with Gasteiger partial charge in [-0.2, -0.15) is 0 Å². The van der Waals surface area contributed by atoms with Gasteiger partial charge in [-0.3, -0.25) is 0 Å². The Hall–Kier alpha value is -2.69. The van der Waals surface area contributed by atoms with E-state index in [1.54, 1.807) is 14.2 Å². The Labute approximate surface area is 143 Å². The van der Waals surface area contributed by atoms with Crippen molar-refractivity contribution in [3.8, 4) is 11.5 Å². The highest BCUT2D eigenvalue weighted by atomic mass is 16.5. The van der Waals surface area contributed by atoms with E-state index >= 15 is 0 Å². The molecular weight excluding hydrogens is 304 g/mol. The van der Waals surface area contributed by atoms with E-state index < -0.39 is 0 Å². The number of methoxy groups -OCH3 is 2. The van der Waals surface area contributed by atoms with Crippen LogP contribution in [0.5, 0.6) is 11.5 Å². The van der Waals surface area contributed by atoms with Crippen LogP contribution in [0.2, 0.25) is 0 Å². The van der Waals surface area contributed by atoms with Gasteiger partial charge in [0.1, 0.15) is 0 Å². The van der Waals surface area contributed by atoms with Crippen molar-refractivity contribution in [2.24, 2.45) is 0 Å². The molecule has 0 aliphatic rings. The molecule has 0 aliphatic heterocycles. The number of nitrogens with one attached hydrogen (secondary N) is 2. The first-order chi connectivity index (χ1) is 11.5. The second kappa shape index (κ2) is 8.24. The lowest BCUT2D eigenvalue weighted by molar-refractivity contribution is 0.252. The van der Waals surface area contributed by atoms with Crippen LogP contribution in [0.25, 0.3) is 0 Å². The third-order valence-electron chi connectivity index (χ3n) is 3.64. The molecule has 0 spiro atoms. The summed E-state index contributed by atoms with van der Waals surface area (Å²) in [6.07, 6.45) is 0.653. The summed E-state index contributed by atoms with van der Waals surface area (Å²) in [5.74, 6) is 1.39. The van der Waals surface area contributed by atoms with Gasteiger partial charge in [0.15, 0.2) is 11.5 Å². The Morgan fingerprint density at radius 1 is 1.04 bits per heavy atom. The van der Waals surface area contributed by atoms with Crippen LogP contribution in [0.15, 0.2) is 36.4 Å². The molecule has 0 aromatic heterocycles. The van der Waals surface area contributed by atoms with Gasteiger partial charge in [-0.15, -0.1) is 0 Å². The molecule has 2 rings (SSSR count). The van der Waals surface area contributed by atoms with Crippen LogP contribution in [0.3, 0.4) is 0 Å². The van der Waals surface area contributed by atoms with Crippen LogP contribution < -0.4 is 20.1 Å². The zero-order valence-corrected chi connectivity index (χ0v) is 14.6. The van der Waals surface area contributed by atoms with Crippen LogP contribution >= 0.6 is 0 Å². The first-order valence-corrected chi connectivity index (χ1v) is 7.86. The smallest absolute Gasteiger partial charge is 0.319 e. The lowest BCUT2D eigenvalue weighted by Gasteiger charge is -2.13. The predicted octanol–water partition coefficient (Wildman–Crippen LogP) is 3.68. The highest BCUT2D eigenvalue weighted by molar-refractivity contribution is 5.89. The number of ether oxygens (including phenoxy) is 2. The van der Waals surface area contributed by atoms with Crippen LogP contribution in [0.1, 0.15) is 16.7 Å². The van der Waals surface area contributed by atoms with Crippen molar-refractivity contribution in [3.05, 3.63) is 53.1 Å². The maximum atomic E-state index is 12.0. The summed E-state index contributed by atoms with van der Waals surface area (Å²) in [4.78, 5) is 12.0. The van der Waals surface area contributed by atoms with Gasteiger partial charge in [0.2, 0.25) is 0 Å². The summed E-state index contributed by atoms with van der Waals surface area (Å²) in [5, 5.41) is 5.72. The average molecular weight is 328 g/mol. The van der Waals surface area contributed by atoms with Gasteiger partial charge < -0.3 is 20.1 Å². The van der Waals surface area contributed by atoms with Crippen LogP contribution in [0.4, 0.5) is 10.5 Å². The van der Waals surface area contributed by atoms with Crippen molar-refractivity contribution >= 4 is 11.7 Å². The molecular formula is C19H24N2O3. The van der Waals surface area contributed by atoms with Crippen molar-refractivity contribution in [2.75, 3.05) is 26.1 Å². The lowest BCUT2D eigenvalue weighted by Crippen LogP contribution is -2.30. The number of aryl methyl sites for hydroxylation is 2. The van der Waals surface area contributed by atoms with Gasteiger partial charge >= 0.3 is 6.03 Å². The molecule has 2 aromatic carbocycles. The summed E-state index contributed by atoms with van der Waals surface area (Å²) in [7, 11) is 3.22. The Bertz CT molecular complexity index is 694. The third-order valence-corrected chi connectivity index (χ3v) is 3.64. The number of benzene rings is 2. The van der Waals surface area contributed by atoms with E-state index in [1.807, 2.05) is 44.2 Å². The number of amides is 2. The maximum Gasteiger partial charge on any atom is 0.319 e. The van der Waals surface area contributed by atoms with Crippen LogP contribution in [-0.4, -0.2) is 26.8 Å². The third kappa shape index (κ3) is 4.65. The van der Waals surface area contributed by atoms with Crippen molar-refractivity contribution in [1.29, 1.82) is 0 Å². The van der Waals surface area contributed by atoms with Crippen molar-refractivity contribution in [3.63, 3.8) is 0 Å². The Balaban J connectivity index is 1.91. The first kappa shape index (κ1) is 17.7. The number of rotatable bonds is 6. The van der Waals surface area contributed by atoms with E-state index in [-0.39, 0.29) is 6.03 Å². The Morgan fingerprint density at radius 3 is 2.38 bits per heavy atom. The fourth-order valence-electron chi connectivity index (χ4n) is 2.68. The fraction of sp³-hybridized carbons (Fsp3) is 0.316. The summed E-state index contributed by atoms with van der Waals surface area (Å²) >= 11 is 0. The summed E-state index contributed by atoms with van der Waals surface area (Å²) in [6.45, 7) is 4.51. The standard InChI is InChI=1S/C19H24N2O3/c1-13-10-14(2)12-16(11-13)21-19(22)20-9-8-15-6-5-7-17(23-3)18(15)24-4/h5-7,10-12H,8-9H2,1-4H3,(H2,20,21,22). The molecule has 0 saturated carbocycles. The van der Waals surface area contributed by atoms with E-state index in [1.165, 1.54) is 0 Å². The van der Waals surface area contributed by atoms with E-state index in [4.69, 9.17) is 9.47 Å². The van der Waals surface area contributed by atoms with E-state index in [9.17, 15) is 4.79 Å². The molecule has 0 atom stereocenters. The van der Waals surface area contributed by atoms with E-state index in [0.717, 1.165) is 22.4 Å². The Kier molecular flexibility index (Phi) is 6.07. The normalized spacial score (nSPS) is 10.2. The molecule has 0 heterocycles. The molecule has 0 radical (unpaired) electrons. The maximum absolute atomic E-state index is 12.0. The number of hydrogen-bond acceptors (Lipinski definition) is 3. The molecule has 0 saturated heterocycles. The largest absolute Gasteiger partial charge is 0.493 e. The van der Waals surface area contributed by atoms with Gasteiger partial charge in [-0.1, -0.05) is 18.2 Å². The zero-order chi connectivity index (χ0) is 17.5. The van der Waals surface area contributed by atoms with Crippen LogP contribution in [-0.2, 0) is 6.42 Å². The quantitative estimate of drug-likeness (QED) is 0.850. The number of carbonyl (C=O) groups is 1. The van der Waals surface area contributed by atoms with Crippen molar-refractivity contribution < 1.29 is 14.3 Å². The minimum atomic E-state index is -0.220. The number of hydrogen-bond donors (Lipinski definition) is 2. The Morgan fingerprint density at radius 2 is 1.75 bits per heavy atom. The van der Waals surface area contributed by atoms with Gasteiger partial charge in [-0.25, -0.2) is 4.79 Å². The number of para-hydroxylation sites is 1. The summed E-state index contributed by atoms with van der Waals surface area (Å²) in [6, 6.07) is 11.5. The van der Waals surface area contributed by atoms with E-state index in [0.29, 0.717) is 24.5 Å². The molecule has 24 heavy (non-hydrogen) atoms. The first-order valence-electron chi connectivity index (χ1n) is 7.86. The van der Waals surface area contributed by atoms with Gasteiger partial charge in [-0.05, 0) is 55.2 Å².